The van der Waals surface area contributed by atoms with Crippen LogP contribution in [0.15, 0.2) is 29.3 Å². The number of anilines is 1. The fraction of sp³-hybridized carbons (Fsp3) is 0.357. The van der Waals surface area contributed by atoms with Gasteiger partial charge >= 0.3 is 0 Å². The van der Waals surface area contributed by atoms with Crippen LogP contribution < -0.4 is 15.6 Å². The number of hydrogen-bond acceptors (Lipinski definition) is 5. The number of aryl methyl sites for hydroxylation is 1. The second-order valence-corrected chi connectivity index (χ2v) is 4.80. The molecule has 0 saturated carbocycles. The molecule has 0 saturated heterocycles. The van der Waals surface area contributed by atoms with Crippen LogP contribution in [-0.2, 0) is 13.1 Å². The predicted octanol–water partition coefficient (Wildman–Crippen LogP) is 2.32. The van der Waals surface area contributed by atoms with Gasteiger partial charge in [0.05, 0.1) is 19.0 Å². The summed E-state index contributed by atoms with van der Waals surface area (Å²) in [5, 5.41) is 7.32. The van der Waals surface area contributed by atoms with Crippen molar-refractivity contribution in [3.63, 3.8) is 0 Å². The Morgan fingerprint density at radius 1 is 1.48 bits per heavy atom. The molecule has 112 valence electrons. The summed E-state index contributed by atoms with van der Waals surface area (Å²) in [5.41, 5.74) is 1.08. The SMILES string of the molecule is CCCn1ncc(NCc2cccnc2OC)c(Cl)c1=O. The average molecular weight is 309 g/mol. The number of hydrogen-bond donors (Lipinski definition) is 1. The van der Waals surface area contributed by atoms with Crippen molar-refractivity contribution in [1.82, 2.24) is 14.8 Å². The summed E-state index contributed by atoms with van der Waals surface area (Å²) in [6.45, 7) is 2.97. The Hall–Kier alpha value is -2.08. The highest BCUT2D eigenvalue weighted by molar-refractivity contribution is 6.32. The van der Waals surface area contributed by atoms with Gasteiger partial charge in [0.15, 0.2) is 0 Å². The van der Waals surface area contributed by atoms with Crippen LogP contribution in [0.1, 0.15) is 18.9 Å². The van der Waals surface area contributed by atoms with Gasteiger partial charge in [-0.05, 0) is 12.5 Å². The molecule has 0 bridgehead atoms. The van der Waals surface area contributed by atoms with Crippen LogP contribution in [-0.4, -0.2) is 21.9 Å². The van der Waals surface area contributed by atoms with Gasteiger partial charge in [-0.2, -0.15) is 5.10 Å². The van der Waals surface area contributed by atoms with Crippen LogP contribution in [0, 0.1) is 0 Å². The van der Waals surface area contributed by atoms with E-state index in [1.165, 1.54) is 4.68 Å². The Labute approximate surface area is 127 Å². The quantitative estimate of drug-likeness (QED) is 0.887. The molecular weight excluding hydrogens is 292 g/mol. The molecule has 7 heteroatoms. The van der Waals surface area contributed by atoms with Crippen molar-refractivity contribution < 1.29 is 4.74 Å². The van der Waals surface area contributed by atoms with E-state index in [0.717, 1.165) is 12.0 Å². The van der Waals surface area contributed by atoms with Gasteiger partial charge in [0.2, 0.25) is 5.88 Å². The molecule has 2 heterocycles. The van der Waals surface area contributed by atoms with E-state index in [9.17, 15) is 4.79 Å². The van der Waals surface area contributed by atoms with E-state index >= 15 is 0 Å². The number of nitrogens with zero attached hydrogens (tertiary/aromatic N) is 3. The molecule has 21 heavy (non-hydrogen) atoms. The van der Waals surface area contributed by atoms with Crippen LogP contribution in [0.4, 0.5) is 5.69 Å². The van der Waals surface area contributed by atoms with Crippen LogP contribution in [0.25, 0.3) is 0 Å². The molecule has 0 aliphatic rings. The number of aromatic nitrogens is 3. The third kappa shape index (κ3) is 3.52. The van der Waals surface area contributed by atoms with Crippen molar-refractivity contribution in [1.29, 1.82) is 0 Å². The molecule has 0 atom stereocenters. The minimum atomic E-state index is -0.290. The highest BCUT2D eigenvalue weighted by atomic mass is 35.5. The van der Waals surface area contributed by atoms with E-state index in [1.807, 2.05) is 19.1 Å². The molecule has 2 aromatic rings. The first-order valence-electron chi connectivity index (χ1n) is 6.64. The number of nitrogens with one attached hydrogen (secondary N) is 1. The smallest absolute Gasteiger partial charge is 0.287 e. The molecule has 0 unspecified atom stereocenters. The second kappa shape index (κ2) is 7.08. The van der Waals surface area contributed by atoms with Gasteiger partial charge in [-0.3, -0.25) is 4.79 Å². The maximum absolute atomic E-state index is 12.0. The molecule has 0 aliphatic carbocycles. The molecule has 2 aromatic heterocycles. The first-order chi connectivity index (χ1) is 10.2. The molecule has 0 radical (unpaired) electrons. The minimum Gasteiger partial charge on any atom is -0.481 e. The first-order valence-corrected chi connectivity index (χ1v) is 7.02. The van der Waals surface area contributed by atoms with Crippen molar-refractivity contribution in [3.8, 4) is 5.88 Å². The van der Waals surface area contributed by atoms with Gasteiger partial charge in [-0.15, -0.1) is 0 Å². The first kappa shape index (κ1) is 15.3. The third-order valence-corrected chi connectivity index (χ3v) is 3.30. The molecule has 0 aromatic carbocycles. The van der Waals surface area contributed by atoms with E-state index in [-0.39, 0.29) is 10.6 Å². The topological polar surface area (TPSA) is 69.0 Å². The summed E-state index contributed by atoms with van der Waals surface area (Å²) < 4.78 is 6.53. The number of methoxy groups -OCH3 is 1. The molecule has 0 aliphatic heterocycles. The summed E-state index contributed by atoms with van der Waals surface area (Å²) in [5.74, 6) is 0.536. The number of pyridine rings is 1. The van der Waals surface area contributed by atoms with E-state index in [2.05, 4.69) is 15.4 Å². The van der Waals surface area contributed by atoms with Gasteiger partial charge < -0.3 is 10.1 Å². The van der Waals surface area contributed by atoms with Gasteiger partial charge in [0.1, 0.15) is 5.02 Å². The normalized spacial score (nSPS) is 10.4. The molecule has 0 spiro atoms. The second-order valence-electron chi connectivity index (χ2n) is 4.43. The zero-order valence-electron chi connectivity index (χ0n) is 12.0. The highest BCUT2D eigenvalue weighted by Crippen LogP contribution is 2.19. The summed E-state index contributed by atoms with van der Waals surface area (Å²) in [7, 11) is 1.56. The van der Waals surface area contributed by atoms with Crippen LogP contribution in [0.5, 0.6) is 5.88 Å². The summed E-state index contributed by atoms with van der Waals surface area (Å²) in [6, 6.07) is 3.71. The average Bonchev–Trinajstić information content (AvgIpc) is 2.51. The van der Waals surface area contributed by atoms with Gasteiger partial charge in [0.25, 0.3) is 5.56 Å². The maximum Gasteiger partial charge on any atom is 0.287 e. The molecule has 2 rings (SSSR count). The van der Waals surface area contributed by atoms with Crippen molar-refractivity contribution in [2.24, 2.45) is 0 Å². The molecule has 0 amide bonds. The van der Waals surface area contributed by atoms with Crippen molar-refractivity contribution >= 4 is 17.3 Å². The Morgan fingerprint density at radius 2 is 2.29 bits per heavy atom. The monoisotopic (exact) mass is 308 g/mol. The number of ether oxygens (including phenoxy) is 1. The minimum absolute atomic E-state index is 0.140. The zero-order valence-corrected chi connectivity index (χ0v) is 12.7. The lowest BCUT2D eigenvalue weighted by molar-refractivity contribution is 0.393. The van der Waals surface area contributed by atoms with Crippen molar-refractivity contribution in [2.75, 3.05) is 12.4 Å². The maximum atomic E-state index is 12.0. The van der Waals surface area contributed by atoms with E-state index in [1.54, 1.807) is 19.5 Å². The Balaban J connectivity index is 2.17. The standard InChI is InChI=1S/C14H17ClN4O2/c1-3-7-19-14(20)12(15)11(9-18-19)17-8-10-5-4-6-16-13(10)21-2/h4-6,9,17H,3,7-8H2,1-2H3. The predicted molar refractivity (Wildman–Crippen MR) is 81.9 cm³/mol. The lowest BCUT2D eigenvalue weighted by Gasteiger charge is -2.11. The number of rotatable bonds is 6. The summed E-state index contributed by atoms with van der Waals surface area (Å²) in [4.78, 5) is 16.1. The Kier molecular flexibility index (Phi) is 5.16. The van der Waals surface area contributed by atoms with Crippen LogP contribution in [0.3, 0.4) is 0 Å². The molecular formula is C14H17ClN4O2. The fourth-order valence-electron chi connectivity index (χ4n) is 1.89. The van der Waals surface area contributed by atoms with Gasteiger partial charge in [-0.1, -0.05) is 24.6 Å². The molecule has 0 fully saturated rings. The van der Waals surface area contributed by atoms with Gasteiger partial charge in [-0.25, -0.2) is 9.67 Å². The molecule has 6 nitrogen and oxygen atoms in total. The van der Waals surface area contributed by atoms with E-state index in [4.69, 9.17) is 16.3 Å². The molecule has 1 N–H and O–H groups in total. The van der Waals surface area contributed by atoms with Crippen LogP contribution in [0.2, 0.25) is 5.02 Å². The highest BCUT2D eigenvalue weighted by Gasteiger charge is 2.10. The lowest BCUT2D eigenvalue weighted by atomic mass is 10.2. The summed E-state index contributed by atoms with van der Waals surface area (Å²) >= 11 is 6.09. The zero-order chi connectivity index (χ0) is 15.2. The van der Waals surface area contributed by atoms with Gasteiger partial charge in [0, 0.05) is 24.8 Å². The van der Waals surface area contributed by atoms with Crippen LogP contribution >= 0.6 is 11.6 Å². The third-order valence-electron chi connectivity index (χ3n) is 2.93. The Morgan fingerprint density at radius 3 is 3.00 bits per heavy atom. The largest absolute Gasteiger partial charge is 0.481 e. The van der Waals surface area contributed by atoms with E-state index < -0.39 is 0 Å². The lowest BCUT2D eigenvalue weighted by Crippen LogP contribution is -2.24. The fourth-order valence-corrected chi connectivity index (χ4v) is 2.11. The van der Waals surface area contributed by atoms with Crippen molar-refractivity contribution in [2.45, 2.75) is 26.4 Å². The Bertz CT molecular complexity index is 672. The van der Waals surface area contributed by atoms with Crippen molar-refractivity contribution in [3.05, 3.63) is 45.5 Å². The van der Waals surface area contributed by atoms with E-state index in [0.29, 0.717) is 24.7 Å². The number of halogens is 1. The summed E-state index contributed by atoms with van der Waals surface area (Å²) in [6.07, 6.45) is 4.04.